The number of methoxy groups -OCH3 is 2. The number of para-hydroxylation sites is 1. The van der Waals surface area contributed by atoms with Gasteiger partial charge in [0, 0.05) is 11.3 Å². The van der Waals surface area contributed by atoms with E-state index in [4.69, 9.17) is 23.4 Å². The predicted molar refractivity (Wildman–Crippen MR) is 158 cm³/mol. The van der Waals surface area contributed by atoms with E-state index in [2.05, 4.69) is 5.32 Å². The van der Waals surface area contributed by atoms with Crippen molar-refractivity contribution >= 4 is 22.6 Å². The SMILES string of the molecule is COc1ccc(-c2oc3cc(C)c(C)cc3c(=O)c2OCC(=O)Nc2ccc(Oc3ccccc3)cc2)cc1OC. The van der Waals surface area contributed by atoms with Crippen LogP contribution in [0.5, 0.6) is 28.7 Å². The van der Waals surface area contributed by atoms with E-state index in [1.54, 1.807) is 48.5 Å². The van der Waals surface area contributed by atoms with Crippen LogP contribution in [0.4, 0.5) is 5.69 Å². The standard InChI is InChI=1S/C33H29NO7/c1-20-16-26-28(17-21(20)2)41-32(22-10-15-27(37-3)29(18-22)38-4)33(31(26)36)39-19-30(35)34-23-11-13-25(14-12-23)40-24-8-6-5-7-9-24/h5-18H,19H2,1-4H3,(H,34,35). The molecule has 0 aliphatic rings. The third-order valence-electron chi connectivity index (χ3n) is 6.58. The third kappa shape index (κ3) is 6.01. The first-order chi connectivity index (χ1) is 19.9. The third-order valence-corrected chi connectivity index (χ3v) is 6.58. The minimum absolute atomic E-state index is 0.0743. The van der Waals surface area contributed by atoms with Crippen LogP contribution in [0.2, 0.25) is 0 Å². The Morgan fingerprint density at radius 1 is 0.805 bits per heavy atom. The van der Waals surface area contributed by atoms with E-state index in [1.807, 2.05) is 50.2 Å². The van der Waals surface area contributed by atoms with Gasteiger partial charge in [0.05, 0.1) is 19.6 Å². The van der Waals surface area contributed by atoms with Crippen LogP contribution in [-0.4, -0.2) is 26.7 Å². The fraction of sp³-hybridized carbons (Fsp3) is 0.152. The Hall–Kier alpha value is -5.24. The number of nitrogens with one attached hydrogen (secondary N) is 1. The van der Waals surface area contributed by atoms with Gasteiger partial charge in [-0.1, -0.05) is 18.2 Å². The molecule has 1 N–H and O–H groups in total. The second-order valence-electron chi connectivity index (χ2n) is 9.37. The molecule has 5 aromatic rings. The fourth-order valence-corrected chi connectivity index (χ4v) is 4.30. The molecular formula is C33H29NO7. The van der Waals surface area contributed by atoms with Crippen molar-refractivity contribution in [2.75, 3.05) is 26.1 Å². The van der Waals surface area contributed by atoms with Crippen molar-refractivity contribution in [3.63, 3.8) is 0 Å². The van der Waals surface area contributed by atoms with Crippen molar-refractivity contribution in [2.24, 2.45) is 0 Å². The van der Waals surface area contributed by atoms with Crippen LogP contribution in [0.1, 0.15) is 11.1 Å². The summed E-state index contributed by atoms with van der Waals surface area (Å²) in [5.41, 5.74) is 3.03. The first-order valence-electron chi connectivity index (χ1n) is 12.9. The van der Waals surface area contributed by atoms with Crippen LogP contribution in [0, 0.1) is 13.8 Å². The first-order valence-corrected chi connectivity index (χ1v) is 12.9. The van der Waals surface area contributed by atoms with E-state index in [-0.39, 0.29) is 16.9 Å². The molecule has 0 atom stereocenters. The maximum absolute atomic E-state index is 13.6. The van der Waals surface area contributed by atoms with Crippen molar-refractivity contribution in [2.45, 2.75) is 13.8 Å². The Kier molecular flexibility index (Phi) is 7.92. The van der Waals surface area contributed by atoms with Gasteiger partial charge in [-0.25, -0.2) is 0 Å². The summed E-state index contributed by atoms with van der Waals surface area (Å²) >= 11 is 0. The van der Waals surface area contributed by atoms with Crippen LogP contribution >= 0.6 is 0 Å². The maximum Gasteiger partial charge on any atom is 0.262 e. The van der Waals surface area contributed by atoms with Crippen molar-refractivity contribution in [3.8, 4) is 40.1 Å². The summed E-state index contributed by atoms with van der Waals surface area (Å²) in [5, 5.41) is 3.14. The normalized spacial score (nSPS) is 10.7. The summed E-state index contributed by atoms with van der Waals surface area (Å²) in [6.45, 7) is 3.45. The molecule has 0 spiro atoms. The minimum atomic E-state index is -0.445. The molecule has 0 fully saturated rings. The number of ether oxygens (including phenoxy) is 4. The molecule has 1 amide bonds. The quantitative estimate of drug-likeness (QED) is 0.213. The largest absolute Gasteiger partial charge is 0.493 e. The molecule has 0 saturated carbocycles. The molecule has 0 bridgehead atoms. The lowest BCUT2D eigenvalue weighted by Gasteiger charge is -2.14. The van der Waals surface area contributed by atoms with E-state index in [9.17, 15) is 9.59 Å². The minimum Gasteiger partial charge on any atom is -0.493 e. The number of hydrogen-bond donors (Lipinski definition) is 1. The molecule has 0 saturated heterocycles. The van der Waals surface area contributed by atoms with Gasteiger partial charge in [0.15, 0.2) is 23.9 Å². The Morgan fingerprint density at radius 3 is 2.20 bits per heavy atom. The average molecular weight is 552 g/mol. The van der Waals surface area contributed by atoms with Gasteiger partial charge in [-0.05, 0) is 91.7 Å². The average Bonchev–Trinajstić information content (AvgIpc) is 2.99. The number of carbonyl (C=O) groups is 1. The van der Waals surface area contributed by atoms with Gasteiger partial charge in [0.25, 0.3) is 5.91 Å². The molecule has 1 aromatic heterocycles. The first kappa shape index (κ1) is 27.3. The number of fused-ring (bicyclic) bond motifs is 1. The highest BCUT2D eigenvalue weighted by molar-refractivity contribution is 5.92. The molecular weight excluding hydrogens is 522 g/mol. The predicted octanol–water partition coefficient (Wildman–Crippen LogP) is 6.90. The molecule has 0 aliphatic carbocycles. The zero-order valence-corrected chi connectivity index (χ0v) is 23.1. The molecule has 0 unspecified atom stereocenters. The van der Waals surface area contributed by atoms with Gasteiger partial charge >= 0.3 is 0 Å². The maximum atomic E-state index is 13.6. The topological polar surface area (TPSA) is 96.2 Å². The van der Waals surface area contributed by atoms with E-state index < -0.39 is 12.5 Å². The highest BCUT2D eigenvalue weighted by Crippen LogP contribution is 2.37. The van der Waals surface area contributed by atoms with Gasteiger partial charge in [0.2, 0.25) is 11.2 Å². The van der Waals surface area contributed by atoms with Gasteiger partial charge < -0.3 is 28.7 Å². The van der Waals surface area contributed by atoms with E-state index in [0.29, 0.717) is 45.2 Å². The zero-order valence-electron chi connectivity index (χ0n) is 23.1. The number of benzene rings is 4. The van der Waals surface area contributed by atoms with E-state index in [0.717, 1.165) is 11.1 Å². The molecule has 4 aromatic carbocycles. The van der Waals surface area contributed by atoms with Crippen LogP contribution < -0.4 is 29.7 Å². The van der Waals surface area contributed by atoms with Gasteiger partial charge in [-0.15, -0.1) is 0 Å². The molecule has 8 nitrogen and oxygen atoms in total. The molecule has 208 valence electrons. The fourth-order valence-electron chi connectivity index (χ4n) is 4.30. The van der Waals surface area contributed by atoms with Crippen molar-refractivity contribution in [1.29, 1.82) is 0 Å². The van der Waals surface area contributed by atoms with Crippen LogP contribution in [0.25, 0.3) is 22.3 Å². The van der Waals surface area contributed by atoms with Crippen molar-refractivity contribution in [3.05, 3.63) is 106 Å². The number of amides is 1. The highest BCUT2D eigenvalue weighted by atomic mass is 16.5. The summed E-state index contributed by atoms with van der Waals surface area (Å²) in [7, 11) is 3.06. The number of aryl methyl sites for hydroxylation is 2. The van der Waals surface area contributed by atoms with Gasteiger partial charge in [-0.3, -0.25) is 9.59 Å². The van der Waals surface area contributed by atoms with Gasteiger partial charge in [0.1, 0.15) is 17.1 Å². The summed E-state index contributed by atoms with van der Waals surface area (Å²) in [4.78, 5) is 26.5. The Labute approximate surface area is 237 Å². The molecule has 41 heavy (non-hydrogen) atoms. The Balaban J connectivity index is 1.40. The summed E-state index contributed by atoms with van der Waals surface area (Å²) in [5.74, 6) is 1.98. The van der Waals surface area contributed by atoms with Crippen molar-refractivity contribution in [1.82, 2.24) is 0 Å². The van der Waals surface area contributed by atoms with Crippen LogP contribution in [0.3, 0.4) is 0 Å². The summed E-state index contributed by atoms with van der Waals surface area (Å²) < 4.78 is 28.6. The molecule has 8 heteroatoms. The monoisotopic (exact) mass is 551 g/mol. The molecule has 1 heterocycles. The highest BCUT2D eigenvalue weighted by Gasteiger charge is 2.21. The lowest BCUT2D eigenvalue weighted by Crippen LogP contribution is -2.22. The van der Waals surface area contributed by atoms with E-state index in [1.165, 1.54) is 14.2 Å². The number of anilines is 1. The lowest BCUT2D eigenvalue weighted by molar-refractivity contribution is -0.118. The summed E-state index contributed by atoms with van der Waals surface area (Å²) in [6, 6.07) is 25.1. The molecule has 0 aliphatic heterocycles. The number of carbonyl (C=O) groups excluding carboxylic acids is 1. The number of hydrogen-bond acceptors (Lipinski definition) is 7. The lowest BCUT2D eigenvalue weighted by atomic mass is 10.0. The van der Waals surface area contributed by atoms with Crippen LogP contribution in [-0.2, 0) is 4.79 Å². The number of rotatable bonds is 9. The Bertz CT molecular complexity index is 1760. The van der Waals surface area contributed by atoms with Crippen LogP contribution in [0.15, 0.2) is 94.1 Å². The second-order valence-corrected chi connectivity index (χ2v) is 9.37. The Morgan fingerprint density at radius 2 is 1.49 bits per heavy atom. The summed E-state index contributed by atoms with van der Waals surface area (Å²) in [6.07, 6.45) is 0. The van der Waals surface area contributed by atoms with Gasteiger partial charge in [-0.2, -0.15) is 0 Å². The van der Waals surface area contributed by atoms with E-state index >= 15 is 0 Å². The smallest absolute Gasteiger partial charge is 0.262 e. The van der Waals surface area contributed by atoms with Crippen molar-refractivity contribution < 1.29 is 28.2 Å². The molecule has 5 rings (SSSR count). The zero-order chi connectivity index (χ0) is 28.9. The molecule has 0 radical (unpaired) electrons. The second kappa shape index (κ2) is 11.9.